The third kappa shape index (κ3) is 3.27. The van der Waals surface area contributed by atoms with E-state index in [0.29, 0.717) is 17.9 Å². The van der Waals surface area contributed by atoms with Gasteiger partial charge in [-0.15, -0.1) is 0 Å². The molecular weight excluding hydrogens is 373 g/mol. The number of nitrogens with one attached hydrogen (secondary N) is 3. The van der Waals surface area contributed by atoms with Gasteiger partial charge in [0, 0.05) is 24.6 Å². The van der Waals surface area contributed by atoms with Crippen LogP contribution in [0.2, 0.25) is 0 Å². The zero-order valence-electron chi connectivity index (χ0n) is 15.3. The summed E-state index contributed by atoms with van der Waals surface area (Å²) < 4.78 is 41.1. The SMILES string of the molecule is CCNc1nc(Nc2cn([C@H]3CCc4[nH]cnc43)nc2C)ncc1C(F)(F)F. The second-order valence-electron chi connectivity index (χ2n) is 6.54. The monoisotopic (exact) mass is 392 g/mol. The molecule has 0 radical (unpaired) electrons. The number of aryl methyl sites for hydroxylation is 2. The number of alkyl halides is 3. The molecule has 0 bridgehead atoms. The van der Waals surface area contributed by atoms with Crippen LogP contribution in [0.1, 0.15) is 42.0 Å². The molecule has 3 aromatic heterocycles. The van der Waals surface area contributed by atoms with Crippen LogP contribution in [0.3, 0.4) is 0 Å². The summed E-state index contributed by atoms with van der Waals surface area (Å²) in [6.45, 7) is 3.83. The molecule has 148 valence electrons. The molecule has 0 spiro atoms. The summed E-state index contributed by atoms with van der Waals surface area (Å²) in [5.41, 5.74) is 2.50. The summed E-state index contributed by atoms with van der Waals surface area (Å²) in [5, 5.41) is 10.1. The third-order valence-electron chi connectivity index (χ3n) is 4.66. The molecule has 0 fully saturated rings. The van der Waals surface area contributed by atoms with Crippen molar-refractivity contribution in [3.8, 4) is 0 Å². The summed E-state index contributed by atoms with van der Waals surface area (Å²) >= 11 is 0. The van der Waals surface area contributed by atoms with Crippen molar-refractivity contribution in [3.63, 3.8) is 0 Å². The average molecular weight is 392 g/mol. The Balaban J connectivity index is 1.60. The Labute approximate surface area is 158 Å². The van der Waals surface area contributed by atoms with E-state index in [1.165, 1.54) is 0 Å². The lowest BCUT2D eigenvalue weighted by Crippen LogP contribution is -2.14. The Kier molecular flexibility index (Phi) is 4.44. The molecule has 0 aromatic carbocycles. The molecule has 28 heavy (non-hydrogen) atoms. The number of anilines is 3. The molecule has 8 nitrogen and oxygen atoms in total. The van der Waals surface area contributed by atoms with E-state index in [1.807, 2.05) is 11.6 Å². The minimum absolute atomic E-state index is 0.0290. The van der Waals surface area contributed by atoms with Crippen molar-refractivity contribution >= 4 is 17.5 Å². The van der Waals surface area contributed by atoms with Gasteiger partial charge in [-0.05, 0) is 26.7 Å². The van der Waals surface area contributed by atoms with E-state index in [4.69, 9.17) is 0 Å². The lowest BCUT2D eigenvalue weighted by molar-refractivity contribution is -0.137. The molecule has 3 N–H and O–H groups in total. The van der Waals surface area contributed by atoms with Gasteiger partial charge in [-0.1, -0.05) is 0 Å². The fourth-order valence-corrected chi connectivity index (χ4v) is 3.33. The highest BCUT2D eigenvalue weighted by Gasteiger charge is 2.35. The van der Waals surface area contributed by atoms with E-state index in [-0.39, 0.29) is 17.8 Å². The van der Waals surface area contributed by atoms with Gasteiger partial charge in [-0.25, -0.2) is 9.97 Å². The Hall–Kier alpha value is -3.11. The predicted octanol–water partition coefficient (Wildman–Crippen LogP) is 3.43. The van der Waals surface area contributed by atoms with Crippen LogP contribution in [0.15, 0.2) is 18.7 Å². The molecule has 0 saturated carbocycles. The molecule has 0 unspecified atom stereocenters. The first-order valence-electron chi connectivity index (χ1n) is 8.89. The Morgan fingerprint density at radius 1 is 1.32 bits per heavy atom. The van der Waals surface area contributed by atoms with Crippen molar-refractivity contribution in [1.29, 1.82) is 0 Å². The highest BCUT2D eigenvalue weighted by atomic mass is 19.4. The van der Waals surface area contributed by atoms with Crippen LogP contribution in [0, 0.1) is 6.92 Å². The van der Waals surface area contributed by atoms with Crippen molar-refractivity contribution in [2.45, 2.75) is 38.9 Å². The van der Waals surface area contributed by atoms with Gasteiger partial charge in [0.25, 0.3) is 0 Å². The van der Waals surface area contributed by atoms with Crippen molar-refractivity contribution in [2.75, 3.05) is 17.2 Å². The van der Waals surface area contributed by atoms with Gasteiger partial charge in [0.1, 0.15) is 11.4 Å². The lowest BCUT2D eigenvalue weighted by Gasteiger charge is -2.13. The third-order valence-corrected chi connectivity index (χ3v) is 4.66. The number of aromatic nitrogens is 6. The highest BCUT2D eigenvalue weighted by Crippen LogP contribution is 2.35. The van der Waals surface area contributed by atoms with Crippen molar-refractivity contribution in [3.05, 3.63) is 41.4 Å². The van der Waals surface area contributed by atoms with E-state index in [0.717, 1.165) is 30.4 Å². The maximum atomic E-state index is 13.1. The Bertz CT molecular complexity index is 991. The number of H-pyrrole nitrogens is 1. The van der Waals surface area contributed by atoms with E-state index in [2.05, 4.69) is 35.7 Å². The van der Waals surface area contributed by atoms with E-state index in [1.54, 1.807) is 19.4 Å². The second-order valence-corrected chi connectivity index (χ2v) is 6.54. The van der Waals surface area contributed by atoms with Crippen LogP contribution in [0.25, 0.3) is 0 Å². The largest absolute Gasteiger partial charge is 0.421 e. The molecule has 4 rings (SSSR count). The Morgan fingerprint density at radius 2 is 2.14 bits per heavy atom. The standard InChI is InChI=1S/C17H19F3N8/c1-3-21-15-10(17(18,19)20)6-22-16(26-15)25-12-7-28(27-9(12)2)13-5-4-11-14(13)24-8-23-11/h6-8,13H,3-5H2,1-2H3,(H,23,24)(H2,21,22,25,26)/t13-/m0/s1. The van der Waals surface area contributed by atoms with Gasteiger partial charge in [0.05, 0.1) is 29.4 Å². The normalized spacial score (nSPS) is 16.2. The fraction of sp³-hybridized carbons (Fsp3) is 0.412. The number of hydrogen-bond donors (Lipinski definition) is 3. The molecule has 1 aliphatic rings. The Morgan fingerprint density at radius 3 is 2.89 bits per heavy atom. The van der Waals surface area contributed by atoms with Crippen LogP contribution in [-0.4, -0.2) is 36.3 Å². The first-order chi connectivity index (χ1) is 13.4. The van der Waals surface area contributed by atoms with Crippen LogP contribution < -0.4 is 10.6 Å². The number of halogens is 3. The van der Waals surface area contributed by atoms with Crippen molar-refractivity contribution in [2.24, 2.45) is 0 Å². The van der Waals surface area contributed by atoms with Crippen molar-refractivity contribution < 1.29 is 13.2 Å². The number of rotatable bonds is 5. The van der Waals surface area contributed by atoms with Gasteiger partial charge in [0.2, 0.25) is 5.95 Å². The number of hydrogen-bond acceptors (Lipinski definition) is 6. The van der Waals surface area contributed by atoms with Gasteiger partial charge in [0.15, 0.2) is 0 Å². The van der Waals surface area contributed by atoms with Crippen LogP contribution in [0.5, 0.6) is 0 Å². The number of imidazole rings is 1. The quantitative estimate of drug-likeness (QED) is 0.616. The maximum Gasteiger partial charge on any atom is 0.421 e. The fourth-order valence-electron chi connectivity index (χ4n) is 3.33. The van der Waals surface area contributed by atoms with Crippen molar-refractivity contribution in [1.82, 2.24) is 29.7 Å². The predicted molar refractivity (Wildman–Crippen MR) is 96.5 cm³/mol. The van der Waals surface area contributed by atoms with Gasteiger partial charge < -0.3 is 15.6 Å². The van der Waals surface area contributed by atoms with Crippen LogP contribution in [0.4, 0.5) is 30.6 Å². The number of fused-ring (bicyclic) bond motifs is 1. The maximum absolute atomic E-state index is 13.1. The number of nitrogens with zero attached hydrogens (tertiary/aromatic N) is 5. The summed E-state index contributed by atoms with van der Waals surface area (Å²) in [6.07, 6.45) is 1.51. The second kappa shape index (κ2) is 6.80. The van der Waals surface area contributed by atoms with Crippen LogP contribution in [-0.2, 0) is 12.6 Å². The molecule has 3 heterocycles. The lowest BCUT2D eigenvalue weighted by atomic mass is 10.2. The molecule has 0 amide bonds. The first kappa shape index (κ1) is 18.3. The smallest absolute Gasteiger partial charge is 0.370 e. The summed E-state index contributed by atoms with van der Waals surface area (Å²) in [6, 6.07) is 0.0290. The summed E-state index contributed by atoms with van der Waals surface area (Å²) in [7, 11) is 0. The minimum Gasteiger partial charge on any atom is -0.370 e. The van der Waals surface area contributed by atoms with Crippen LogP contribution >= 0.6 is 0 Å². The molecular formula is C17H19F3N8. The van der Waals surface area contributed by atoms with Gasteiger partial charge >= 0.3 is 6.18 Å². The molecule has 11 heteroatoms. The zero-order valence-corrected chi connectivity index (χ0v) is 15.3. The average Bonchev–Trinajstić information content (AvgIpc) is 3.31. The van der Waals surface area contributed by atoms with E-state index < -0.39 is 11.7 Å². The highest BCUT2D eigenvalue weighted by molar-refractivity contribution is 5.58. The molecule has 0 aliphatic heterocycles. The minimum atomic E-state index is -4.53. The van der Waals surface area contributed by atoms with Gasteiger partial charge in [-0.3, -0.25) is 4.68 Å². The van der Waals surface area contributed by atoms with Gasteiger partial charge in [-0.2, -0.15) is 23.3 Å². The first-order valence-corrected chi connectivity index (χ1v) is 8.89. The zero-order chi connectivity index (χ0) is 19.9. The van der Waals surface area contributed by atoms with E-state index in [9.17, 15) is 13.2 Å². The molecule has 1 atom stereocenters. The molecule has 0 saturated heterocycles. The molecule has 3 aromatic rings. The summed E-state index contributed by atoms with van der Waals surface area (Å²) in [5.74, 6) is -0.187. The summed E-state index contributed by atoms with van der Waals surface area (Å²) in [4.78, 5) is 15.3. The molecule has 1 aliphatic carbocycles. The number of aromatic amines is 1. The van der Waals surface area contributed by atoms with E-state index >= 15 is 0 Å². The topological polar surface area (TPSA) is 96.3 Å².